The summed E-state index contributed by atoms with van der Waals surface area (Å²) < 4.78 is 38.3. The van der Waals surface area contributed by atoms with Crippen LogP contribution in [-0.2, 0) is 0 Å². The maximum absolute atomic E-state index is 12.8. The molecule has 0 unspecified atom stereocenters. The Morgan fingerprint density at radius 2 is 2.00 bits per heavy atom. The molecule has 0 bridgehead atoms. The summed E-state index contributed by atoms with van der Waals surface area (Å²) in [4.78, 5) is 10.0. The second-order valence-corrected chi connectivity index (χ2v) is 4.21. The molecule has 0 aliphatic heterocycles. The second kappa shape index (κ2) is 3.76. The first-order chi connectivity index (χ1) is 8.27. The Labute approximate surface area is 99.9 Å². The number of nitrogens with one attached hydrogen (secondary N) is 1. The van der Waals surface area contributed by atoms with Gasteiger partial charge in [0.1, 0.15) is 16.9 Å². The van der Waals surface area contributed by atoms with Crippen LogP contribution >= 0.6 is 0 Å². The lowest BCUT2D eigenvalue weighted by molar-refractivity contribution is -0.383. The zero-order valence-corrected chi connectivity index (χ0v) is 9.12. The first-order valence-electron chi connectivity index (χ1n) is 5.15. The molecule has 0 heterocycles. The van der Waals surface area contributed by atoms with Crippen LogP contribution in [0.25, 0.3) is 0 Å². The fourth-order valence-electron chi connectivity index (χ4n) is 1.73. The van der Waals surface area contributed by atoms with Gasteiger partial charge >= 0.3 is 11.9 Å². The average Bonchev–Trinajstić information content (AvgIpc) is 2.97. The number of nitrogens with zero attached hydrogens (tertiary/aromatic N) is 1. The number of hydrogen-bond acceptors (Lipinski definition) is 4. The lowest BCUT2D eigenvalue weighted by Gasteiger charge is -2.21. The van der Waals surface area contributed by atoms with Crippen molar-refractivity contribution in [2.45, 2.75) is 24.6 Å². The summed E-state index contributed by atoms with van der Waals surface area (Å²) in [6.45, 7) is 0. The first-order valence-corrected chi connectivity index (χ1v) is 5.15. The van der Waals surface area contributed by atoms with E-state index < -0.39 is 22.3 Å². The average molecular weight is 261 g/mol. The van der Waals surface area contributed by atoms with Crippen LogP contribution in [0.3, 0.4) is 0 Å². The number of hydrogen-bond donors (Lipinski definition) is 2. The summed E-state index contributed by atoms with van der Waals surface area (Å²) in [5.74, 6) is 0. The molecule has 1 aliphatic rings. The summed E-state index contributed by atoms with van der Waals surface area (Å²) in [5, 5.41) is 13.0. The fraction of sp³-hybridized carbons (Fsp3) is 0.400. The zero-order chi connectivity index (χ0) is 13.6. The highest BCUT2D eigenvalue weighted by Gasteiger charge is 2.64. The Morgan fingerprint density at radius 3 is 2.44 bits per heavy atom. The maximum Gasteiger partial charge on any atom is 0.411 e. The highest BCUT2D eigenvalue weighted by Crippen LogP contribution is 2.52. The van der Waals surface area contributed by atoms with Gasteiger partial charge < -0.3 is 11.1 Å². The highest BCUT2D eigenvalue weighted by molar-refractivity contribution is 5.75. The Kier molecular flexibility index (Phi) is 2.60. The summed E-state index contributed by atoms with van der Waals surface area (Å²) in [6.07, 6.45) is -4.63. The van der Waals surface area contributed by atoms with Crippen molar-refractivity contribution in [3.05, 3.63) is 28.3 Å². The van der Waals surface area contributed by atoms with Crippen molar-refractivity contribution in [2.24, 2.45) is 0 Å². The van der Waals surface area contributed by atoms with E-state index in [0.717, 1.165) is 0 Å². The molecule has 0 atom stereocenters. The van der Waals surface area contributed by atoms with Crippen LogP contribution in [0.5, 0.6) is 0 Å². The quantitative estimate of drug-likeness (QED) is 0.498. The molecular formula is C10H10F3N3O2. The Morgan fingerprint density at radius 1 is 1.39 bits per heavy atom. The van der Waals surface area contributed by atoms with Crippen molar-refractivity contribution in [3.8, 4) is 0 Å². The largest absolute Gasteiger partial charge is 0.411 e. The molecule has 8 heteroatoms. The number of rotatable bonds is 3. The van der Waals surface area contributed by atoms with Crippen molar-refractivity contribution >= 4 is 17.1 Å². The Hall–Kier alpha value is -1.99. The summed E-state index contributed by atoms with van der Waals surface area (Å²) >= 11 is 0. The van der Waals surface area contributed by atoms with Crippen LogP contribution in [0.4, 0.5) is 30.2 Å². The van der Waals surface area contributed by atoms with E-state index in [1.165, 1.54) is 18.2 Å². The maximum atomic E-state index is 12.8. The molecule has 1 saturated carbocycles. The molecule has 0 radical (unpaired) electrons. The van der Waals surface area contributed by atoms with Crippen LogP contribution in [0.1, 0.15) is 12.8 Å². The van der Waals surface area contributed by atoms with E-state index in [0.29, 0.717) is 0 Å². The zero-order valence-electron chi connectivity index (χ0n) is 9.12. The third kappa shape index (κ3) is 1.93. The number of anilines is 2. The normalized spacial score (nSPS) is 17.3. The molecule has 1 aromatic rings. The number of nitro groups is 1. The molecule has 1 aliphatic carbocycles. The van der Waals surface area contributed by atoms with Gasteiger partial charge in [0.25, 0.3) is 0 Å². The van der Waals surface area contributed by atoms with Gasteiger partial charge in [-0.2, -0.15) is 13.2 Å². The molecule has 98 valence electrons. The fourth-order valence-corrected chi connectivity index (χ4v) is 1.73. The third-order valence-electron chi connectivity index (χ3n) is 2.92. The molecule has 0 spiro atoms. The topological polar surface area (TPSA) is 81.2 Å². The van der Waals surface area contributed by atoms with E-state index in [2.05, 4.69) is 5.32 Å². The van der Waals surface area contributed by atoms with Crippen molar-refractivity contribution in [1.29, 1.82) is 0 Å². The van der Waals surface area contributed by atoms with Crippen molar-refractivity contribution in [3.63, 3.8) is 0 Å². The molecule has 2 rings (SSSR count). The van der Waals surface area contributed by atoms with E-state index >= 15 is 0 Å². The third-order valence-corrected chi connectivity index (χ3v) is 2.92. The van der Waals surface area contributed by atoms with Crippen LogP contribution in [0.15, 0.2) is 18.2 Å². The Bertz CT molecular complexity index is 498. The van der Waals surface area contributed by atoms with E-state index in [1.54, 1.807) is 0 Å². The minimum atomic E-state index is -4.44. The molecule has 5 nitrogen and oxygen atoms in total. The van der Waals surface area contributed by atoms with Gasteiger partial charge in [-0.25, -0.2) is 0 Å². The summed E-state index contributed by atoms with van der Waals surface area (Å²) in [7, 11) is 0. The predicted molar refractivity (Wildman–Crippen MR) is 59.2 cm³/mol. The molecule has 3 N–H and O–H groups in total. The standard InChI is InChI=1S/C10H10F3N3O2/c11-10(12,13)9(4-5-9)15-7-3-1-2-6(14)8(7)16(17)18/h1-3,15H,4-5,14H2. The molecule has 0 amide bonds. The van der Waals surface area contributed by atoms with Crippen LogP contribution in [-0.4, -0.2) is 16.6 Å². The minimum Gasteiger partial charge on any atom is -0.393 e. The van der Waals surface area contributed by atoms with Gasteiger partial charge in [-0.3, -0.25) is 10.1 Å². The highest BCUT2D eigenvalue weighted by atomic mass is 19.4. The number of halogens is 3. The monoisotopic (exact) mass is 261 g/mol. The van der Waals surface area contributed by atoms with E-state index in [4.69, 9.17) is 5.73 Å². The number of alkyl halides is 3. The van der Waals surface area contributed by atoms with Crippen molar-refractivity contribution < 1.29 is 18.1 Å². The number of nitrogen functional groups attached to an aromatic ring is 1. The molecule has 0 saturated heterocycles. The second-order valence-electron chi connectivity index (χ2n) is 4.21. The van der Waals surface area contributed by atoms with Crippen LogP contribution < -0.4 is 11.1 Å². The SMILES string of the molecule is Nc1cccc(NC2(C(F)(F)F)CC2)c1[N+](=O)[O-]. The van der Waals surface area contributed by atoms with E-state index in [1.807, 2.05) is 0 Å². The van der Waals surface area contributed by atoms with Gasteiger partial charge in [0, 0.05) is 0 Å². The minimum absolute atomic E-state index is 0.0948. The lowest BCUT2D eigenvalue weighted by Crippen LogP contribution is -2.38. The van der Waals surface area contributed by atoms with Gasteiger partial charge in [0.15, 0.2) is 0 Å². The summed E-state index contributed by atoms with van der Waals surface area (Å²) in [5.41, 5.74) is 2.47. The van der Waals surface area contributed by atoms with Crippen LogP contribution in [0, 0.1) is 10.1 Å². The molecular weight excluding hydrogens is 251 g/mol. The van der Waals surface area contributed by atoms with Gasteiger partial charge in [0.2, 0.25) is 0 Å². The van der Waals surface area contributed by atoms with Gasteiger partial charge in [-0.05, 0) is 25.0 Å². The van der Waals surface area contributed by atoms with Crippen molar-refractivity contribution in [2.75, 3.05) is 11.1 Å². The van der Waals surface area contributed by atoms with Crippen molar-refractivity contribution in [1.82, 2.24) is 0 Å². The van der Waals surface area contributed by atoms with Gasteiger partial charge in [-0.15, -0.1) is 0 Å². The summed E-state index contributed by atoms with van der Waals surface area (Å²) in [6, 6.07) is 3.87. The van der Waals surface area contributed by atoms with E-state index in [9.17, 15) is 23.3 Å². The van der Waals surface area contributed by atoms with Gasteiger partial charge in [-0.1, -0.05) is 6.07 Å². The smallest absolute Gasteiger partial charge is 0.393 e. The van der Waals surface area contributed by atoms with Gasteiger partial charge in [0.05, 0.1) is 4.92 Å². The predicted octanol–water partition coefficient (Wildman–Crippen LogP) is 2.68. The first kappa shape index (κ1) is 12.5. The number of para-hydroxylation sites is 1. The molecule has 1 aromatic carbocycles. The molecule has 18 heavy (non-hydrogen) atoms. The van der Waals surface area contributed by atoms with Crippen LogP contribution in [0.2, 0.25) is 0 Å². The lowest BCUT2D eigenvalue weighted by atomic mass is 10.2. The molecule has 1 fully saturated rings. The van der Waals surface area contributed by atoms with E-state index in [-0.39, 0.29) is 24.2 Å². The number of nitrogens with two attached hydrogens (primary N) is 1. The Balaban J connectivity index is 2.36. The molecule has 0 aromatic heterocycles. The number of nitro benzene ring substituents is 1. The number of benzene rings is 1.